The van der Waals surface area contributed by atoms with Crippen LogP contribution in [0.25, 0.3) is 0 Å². The highest BCUT2D eigenvalue weighted by molar-refractivity contribution is 7.89. The fraction of sp³-hybridized carbons (Fsp3) is 0.250. The SMILES string of the molecule is CN(CCc1ccccc1)S(=O)(=O)c1cnc[nH]1. The van der Waals surface area contributed by atoms with E-state index in [0.717, 1.165) is 5.56 Å². The molecule has 6 heteroatoms. The molecule has 1 N–H and O–H groups in total. The van der Waals surface area contributed by atoms with Crippen LogP contribution < -0.4 is 0 Å². The molecule has 0 radical (unpaired) electrons. The summed E-state index contributed by atoms with van der Waals surface area (Å²) in [5, 5.41) is 0.123. The number of imidazole rings is 1. The van der Waals surface area contributed by atoms with E-state index in [2.05, 4.69) is 9.97 Å². The normalized spacial score (nSPS) is 11.9. The van der Waals surface area contributed by atoms with Crippen LogP contribution in [0.1, 0.15) is 5.56 Å². The summed E-state index contributed by atoms with van der Waals surface area (Å²) in [6, 6.07) is 9.79. The zero-order chi connectivity index (χ0) is 13.0. The number of benzene rings is 1. The first-order valence-corrected chi connectivity index (χ1v) is 7.03. The Morgan fingerprint density at radius 1 is 1.28 bits per heavy atom. The van der Waals surface area contributed by atoms with Crippen LogP contribution >= 0.6 is 0 Å². The minimum Gasteiger partial charge on any atom is -0.335 e. The maximum atomic E-state index is 12.1. The second-order valence-electron chi connectivity index (χ2n) is 3.98. The highest BCUT2D eigenvalue weighted by Gasteiger charge is 2.21. The Morgan fingerprint density at radius 2 is 2.00 bits per heavy atom. The maximum absolute atomic E-state index is 12.1. The highest BCUT2D eigenvalue weighted by Crippen LogP contribution is 2.11. The molecule has 0 unspecified atom stereocenters. The van der Waals surface area contributed by atoms with E-state index in [4.69, 9.17) is 0 Å². The summed E-state index contributed by atoms with van der Waals surface area (Å²) < 4.78 is 25.5. The van der Waals surface area contributed by atoms with Crippen LogP contribution in [-0.4, -0.2) is 36.3 Å². The summed E-state index contributed by atoms with van der Waals surface area (Å²) in [6.07, 6.45) is 3.36. The Morgan fingerprint density at radius 3 is 2.61 bits per heavy atom. The number of likely N-dealkylation sites (N-methyl/N-ethyl adjacent to an activating group) is 1. The number of hydrogen-bond donors (Lipinski definition) is 1. The van der Waals surface area contributed by atoms with E-state index >= 15 is 0 Å². The van der Waals surface area contributed by atoms with Gasteiger partial charge in [0.05, 0.1) is 12.5 Å². The first-order valence-electron chi connectivity index (χ1n) is 5.59. The van der Waals surface area contributed by atoms with Crippen molar-refractivity contribution in [3.05, 3.63) is 48.4 Å². The molecule has 0 aliphatic carbocycles. The third-order valence-corrected chi connectivity index (χ3v) is 4.50. The molecule has 0 bridgehead atoms. The van der Waals surface area contributed by atoms with Gasteiger partial charge in [0.1, 0.15) is 0 Å². The van der Waals surface area contributed by atoms with E-state index in [1.165, 1.54) is 16.8 Å². The van der Waals surface area contributed by atoms with Crippen molar-refractivity contribution in [3.63, 3.8) is 0 Å². The maximum Gasteiger partial charge on any atom is 0.259 e. The average molecular weight is 265 g/mol. The Hall–Kier alpha value is -1.66. The summed E-state index contributed by atoms with van der Waals surface area (Å²) >= 11 is 0. The number of rotatable bonds is 5. The summed E-state index contributed by atoms with van der Waals surface area (Å²) in [6.45, 7) is 0.436. The molecule has 0 atom stereocenters. The molecule has 1 heterocycles. The topological polar surface area (TPSA) is 66.1 Å². The molecule has 5 nitrogen and oxygen atoms in total. The molecular formula is C12H15N3O2S. The van der Waals surface area contributed by atoms with E-state index in [9.17, 15) is 8.42 Å². The van der Waals surface area contributed by atoms with Crippen LogP contribution in [-0.2, 0) is 16.4 Å². The third kappa shape index (κ3) is 2.77. The number of nitrogens with zero attached hydrogens (tertiary/aromatic N) is 2. The molecule has 0 saturated heterocycles. The zero-order valence-corrected chi connectivity index (χ0v) is 10.9. The van der Waals surface area contributed by atoms with Gasteiger partial charge >= 0.3 is 0 Å². The number of H-pyrrole nitrogens is 1. The van der Waals surface area contributed by atoms with Gasteiger partial charge in [-0.15, -0.1) is 0 Å². The zero-order valence-electron chi connectivity index (χ0n) is 10.1. The van der Waals surface area contributed by atoms with E-state index < -0.39 is 10.0 Å². The molecule has 18 heavy (non-hydrogen) atoms. The quantitative estimate of drug-likeness (QED) is 0.885. The molecular weight excluding hydrogens is 250 g/mol. The third-order valence-electron chi connectivity index (χ3n) is 2.72. The van der Waals surface area contributed by atoms with Gasteiger partial charge in [-0.3, -0.25) is 0 Å². The molecule has 1 aromatic carbocycles. The van der Waals surface area contributed by atoms with Crippen LogP contribution in [0.15, 0.2) is 47.9 Å². The van der Waals surface area contributed by atoms with Crippen molar-refractivity contribution in [3.8, 4) is 0 Å². The van der Waals surface area contributed by atoms with Gasteiger partial charge in [-0.1, -0.05) is 30.3 Å². The van der Waals surface area contributed by atoms with E-state index in [0.29, 0.717) is 13.0 Å². The first-order chi connectivity index (χ1) is 8.60. The lowest BCUT2D eigenvalue weighted by atomic mass is 10.2. The smallest absolute Gasteiger partial charge is 0.259 e. The van der Waals surface area contributed by atoms with Crippen LogP contribution in [0.4, 0.5) is 0 Å². The summed E-state index contributed by atoms with van der Waals surface area (Å²) in [5.41, 5.74) is 1.11. The minimum atomic E-state index is -3.45. The fourth-order valence-electron chi connectivity index (χ4n) is 1.60. The first kappa shape index (κ1) is 12.8. The molecule has 0 fully saturated rings. The van der Waals surface area contributed by atoms with Crippen molar-refractivity contribution < 1.29 is 8.42 Å². The number of sulfonamides is 1. The van der Waals surface area contributed by atoms with Crippen LogP contribution in [0.5, 0.6) is 0 Å². The Labute approximate surface area is 107 Å². The number of hydrogen-bond acceptors (Lipinski definition) is 3. The summed E-state index contributed by atoms with van der Waals surface area (Å²) in [7, 11) is -1.88. The van der Waals surface area contributed by atoms with Crippen molar-refractivity contribution in [2.75, 3.05) is 13.6 Å². The molecule has 2 aromatic rings. The molecule has 96 valence electrons. The molecule has 0 spiro atoms. The Balaban J connectivity index is 2.03. The van der Waals surface area contributed by atoms with Gasteiger partial charge in [0.2, 0.25) is 0 Å². The van der Waals surface area contributed by atoms with Crippen molar-refractivity contribution in [1.29, 1.82) is 0 Å². The standard InChI is InChI=1S/C12H15N3O2S/c1-15(8-7-11-5-3-2-4-6-11)18(16,17)12-9-13-10-14-12/h2-6,9-10H,7-8H2,1H3,(H,13,14). The summed E-state index contributed by atoms with van der Waals surface area (Å²) in [4.78, 5) is 6.34. The van der Waals surface area contributed by atoms with Gasteiger partial charge in [-0.2, -0.15) is 4.31 Å². The van der Waals surface area contributed by atoms with E-state index in [-0.39, 0.29) is 5.03 Å². The van der Waals surface area contributed by atoms with Crippen LogP contribution in [0, 0.1) is 0 Å². The molecule has 2 rings (SSSR count). The predicted octanol–water partition coefficient (Wildman–Crippen LogP) is 1.27. The second kappa shape index (κ2) is 5.32. The van der Waals surface area contributed by atoms with Crippen molar-refractivity contribution in [2.45, 2.75) is 11.4 Å². The van der Waals surface area contributed by atoms with Crippen molar-refractivity contribution >= 4 is 10.0 Å². The molecule has 0 aliphatic heterocycles. The van der Waals surface area contributed by atoms with Gasteiger partial charge in [-0.05, 0) is 12.0 Å². The van der Waals surface area contributed by atoms with Gasteiger partial charge < -0.3 is 4.98 Å². The molecule has 0 amide bonds. The van der Waals surface area contributed by atoms with E-state index in [1.54, 1.807) is 7.05 Å². The lowest BCUT2D eigenvalue weighted by Crippen LogP contribution is -2.29. The Kier molecular flexibility index (Phi) is 3.78. The summed E-state index contributed by atoms with van der Waals surface area (Å²) in [5.74, 6) is 0. The number of aromatic nitrogens is 2. The fourth-order valence-corrected chi connectivity index (χ4v) is 2.67. The molecule has 0 saturated carbocycles. The van der Waals surface area contributed by atoms with Gasteiger partial charge in [0, 0.05) is 13.6 Å². The van der Waals surface area contributed by atoms with Crippen molar-refractivity contribution in [2.24, 2.45) is 0 Å². The van der Waals surface area contributed by atoms with Crippen LogP contribution in [0.3, 0.4) is 0 Å². The van der Waals surface area contributed by atoms with Gasteiger partial charge in [0.15, 0.2) is 5.03 Å². The van der Waals surface area contributed by atoms with E-state index in [1.807, 2.05) is 30.3 Å². The lowest BCUT2D eigenvalue weighted by Gasteiger charge is -2.15. The number of aromatic amines is 1. The molecule has 1 aromatic heterocycles. The largest absolute Gasteiger partial charge is 0.335 e. The lowest BCUT2D eigenvalue weighted by molar-refractivity contribution is 0.470. The Bertz CT molecular complexity index is 579. The predicted molar refractivity (Wildman–Crippen MR) is 68.5 cm³/mol. The molecule has 0 aliphatic rings. The number of nitrogens with one attached hydrogen (secondary N) is 1. The highest BCUT2D eigenvalue weighted by atomic mass is 32.2. The van der Waals surface area contributed by atoms with Gasteiger partial charge in [0.25, 0.3) is 10.0 Å². The monoisotopic (exact) mass is 265 g/mol. The minimum absolute atomic E-state index is 0.123. The van der Waals surface area contributed by atoms with Gasteiger partial charge in [-0.25, -0.2) is 13.4 Å². The van der Waals surface area contributed by atoms with Crippen LogP contribution in [0.2, 0.25) is 0 Å². The second-order valence-corrected chi connectivity index (χ2v) is 5.99. The van der Waals surface area contributed by atoms with Crippen molar-refractivity contribution in [1.82, 2.24) is 14.3 Å². The average Bonchev–Trinajstić information content (AvgIpc) is 2.91.